The van der Waals surface area contributed by atoms with Crippen LogP contribution in [0, 0.1) is 12.7 Å². The van der Waals surface area contributed by atoms with Crippen LogP contribution >= 0.6 is 0 Å². The van der Waals surface area contributed by atoms with Crippen LogP contribution in [0.25, 0.3) is 0 Å². The number of phenolic OH excluding ortho intramolecular Hbond substituents is 1. The predicted octanol–water partition coefficient (Wildman–Crippen LogP) is 4.30. The average molecular weight is 334 g/mol. The van der Waals surface area contributed by atoms with Crippen molar-refractivity contribution in [3.8, 4) is 5.75 Å². The third-order valence-corrected chi connectivity index (χ3v) is 4.61. The molecule has 0 unspecified atom stereocenters. The van der Waals surface area contributed by atoms with Gasteiger partial charge in [0.2, 0.25) is 0 Å². The maximum absolute atomic E-state index is 13.5. The van der Waals surface area contributed by atoms with E-state index in [2.05, 4.69) is 0 Å². The Balaban J connectivity index is 2.07. The van der Waals surface area contributed by atoms with Gasteiger partial charge in [-0.1, -0.05) is 36.4 Å². The SMILES string of the molecule is Cc1cc(O)ccc1[C@@]1(c2ccc(F)cc2)OC(=O)c2ccccc21. The largest absolute Gasteiger partial charge is 0.508 e. The standard InChI is InChI=1S/C21H15FO3/c1-13-12-16(23)10-11-18(13)21(14-6-8-15(22)9-7-14)19-5-3-2-4-17(19)20(24)25-21/h2-12,23H,1H3/t21-/m1/s1. The Bertz CT molecular complexity index is 979. The summed E-state index contributed by atoms with van der Waals surface area (Å²) in [7, 11) is 0. The number of phenols is 1. The zero-order chi connectivity index (χ0) is 17.6. The second-order valence-corrected chi connectivity index (χ2v) is 6.12. The summed E-state index contributed by atoms with van der Waals surface area (Å²) in [5, 5.41) is 9.76. The monoisotopic (exact) mass is 334 g/mol. The number of hydrogen-bond acceptors (Lipinski definition) is 3. The number of aromatic hydroxyl groups is 1. The summed E-state index contributed by atoms with van der Waals surface area (Å²) in [6, 6.07) is 18.0. The van der Waals surface area contributed by atoms with Crippen LogP contribution in [0.1, 0.15) is 32.6 Å². The Morgan fingerprint density at radius 2 is 1.68 bits per heavy atom. The van der Waals surface area contributed by atoms with Crippen LogP contribution in [0.2, 0.25) is 0 Å². The molecule has 0 bridgehead atoms. The minimum Gasteiger partial charge on any atom is -0.508 e. The molecule has 1 aliphatic heterocycles. The lowest BCUT2D eigenvalue weighted by atomic mass is 9.78. The predicted molar refractivity (Wildman–Crippen MR) is 91.0 cm³/mol. The van der Waals surface area contributed by atoms with Crippen molar-refractivity contribution in [1.29, 1.82) is 0 Å². The number of halogens is 1. The van der Waals surface area contributed by atoms with Crippen molar-refractivity contribution < 1.29 is 19.0 Å². The van der Waals surface area contributed by atoms with Gasteiger partial charge in [-0.25, -0.2) is 9.18 Å². The Kier molecular flexibility index (Phi) is 3.35. The molecule has 3 nitrogen and oxygen atoms in total. The van der Waals surface area contributed by atoms with Gasteiger partial charge in [-0.05, 0) is 42.8 Å². The molecule has 124 valence electrons. The van der Waals surface area contributed by atoms with Crippen molar-refractivity contribution in [1.82, 2.24) is 0 Å². The van der Waals surface area contributed by atoms with Gasteiger partial charge in [-0.15, -0.1) is 0 Å². The van der Waals surface area contributed by atoms with Crippen LogP contribution in [-0.2, 0) is 10.3 Å². The second-order valence-electron chi connectivity index (χ2n) is 6.12. The lowest BCUT2D eigenvalue weighted by Crippen LogP contribution is -2.30. The fourth-order valence-corrected chi connectivity index (χ4v) is 3.51. The Morgan fingerprint density at radius 1 is 0.960 bits per heavy atom. The van der Waals surface area contributed by atoms with Crippen LogP contribution in [-0.4, -0.2) is 11.1 Å². The summed E-state index contributed by atoms with van der Waals surface area (Å²) in [4.78, 5) is 12.5. The third-order valence-electron chi connectivity index (χ3n) is 4.61. The van der Waals surface area contributed by atoms with Gasteiger partial charge in [0.25, 0.3) is 0 Å². The van der Waals surface area contributed by atoms with Crippen LogP contribution in [0.4, 0.5) is 4.39 Å². The van der Waals surface area contributed by atoms with Gasteiger partial charge < -0.3 is 9.84 Å². The maximum atomic E-state index is 13.5. The number of ether oxygens (including phenoxy) is 1. The van der Waals surface area contributed by atoms with E-state index in [-0.39, 0.29) is 11.6 Å². The summed E-state index contributed by atoms with van der Waals surface area (Å²) < 4.78 is 19.4. The van der Waals surface area contributed by atoms with E-state index in [1.807, 2.05) is 19.1 Å². The number of carbonyl (C=O) groups is 1. The zero-order valence-electron chi connectivity index (χ0n) is 13.5. The lowest BCUT2D eigenvalue weighted by Gasteiger charge is -2.31. The summed E-state index contributed by atoms with van der Waals surface area (Å²) >= 11 is 0. The van der Waals surface area contributed by atoms with E-state index in [9.17, 15) is 14.3 Å². The molecule has 1 aliphatic rings. The van der Waals surface area contributed by atoms with Crippen molar-refractivity contribution in [2.45, 2.75) is 12.5 Å². The van der Waals surface area contributed by atoms with Crippen molar-refractivity contribution in [2.24, 2.45) is 0 Å². The molecule has 25 heavy (non-hydrogen) atoms. The van der Waals surface area contributed by atoms with Gasteiger partial charge in [0.15, 0.2) is 5.60 Å². The van der Waals surface area contributed by atoms with Gasteiger partial charge in [-0.2, -0.15) is 0 Å². The second kappa shape index (κ2) is 5.45. The molecule has 0 aliphatic carbocycles. The quantitative estimate of drug-likeness (QED) is 0.711. The zero-order valence-corrected chi connectivity index (χ0v) is 13.5. The third kappa shape index (κ3) is 2.22. The van der Waals surface area contributed by atoms with Crippen LogP contribution in [0.5, 0.6) is 5.75 Å². The molecule has 4 rings (SSSR count). The smallest absolute Gasteiger partial charge is 0.340 e. The first-order chi connectivity index (χ1) is 12.0. The van der Waals surface area contributed by atoms with Crippen molar-refractivity contribution in [3.63, 3.8) is 0 Å². The highest BCUT2D eigenvalue weighted by Crippen LogP contribution is 2.48. The molecule has 1 heterocycles. The molecule has 0 spiro atoms. The highest BCUT2D eigenvalue weighted by Gasteiger charge is 2.49. The van der Waals surface area contributed by atoms with Crippen LogP contribution in [0.15, 0.2) is 66.7 Å². The number of aryl methyl sites for hydroxylation is 1. The molecule has 0 fully saturated rings. The van der Waals surface area contributed by atoms with Gasteiger partial charge in [0.05, 0.1) is 5.56 Å². The minimum absolute atomic E-state index is 0.133. The van der Waals surface area contributed by atoms with Crippen LogP contribution < -0.4 is 0 Å². The first-order valence-corrected chi connectivity index (χ1v) is 7.91. The number of rotatable bonds is 2. The number of esters is 1. The summed E-state index contributed by atoms with van der Waals surface area (Å²) in [6.07, 6.45) is 0. The Labute approximate surface area is 144 Å². The topological polar surface area (TPSA) is 46.5 Å². The summed E-state index contributed by atoms with van der Waals surface area (Å²) in [5.74, 6) is -0.653. The summed E-state index contributed by atoms with van der Waals surface area (Å²) in [5.41, 5.74) is 2.18. The molecular weight excluding hydrogens is 319 g/mol. The summed E-state index contributed by atoms with van der Waals surface area (Å²) in [6.45, 7) is 1.84. The Hall–Kier alpha value is -3.14. The molecule has 0 saturated carbocycles. The van der Waals surface area contributed by atoms with E-state index in [1.54, 1.807) is 42.5 Å². The molecule has 3 aromatic rings. The number of carbonyl (C=O) groups excluding carboxylic acids is 1. The molecule has 3 aromatic carbocycles. The maximum Gasteiger partial charge on any atom is 0.340 e. The van der Waals surface area contributed by atoms with E-state index in [0.717, 1.165) is 11.1 Å². The molecule has 4 heteroatoms. The molecule has 0 radical (unpaired) electrons. The number of fused-ring (bicyclic) bond motifs is 1. The first kappa shape index (κ1) is 15.4. The molecule has 0 amide bonds. The van der Waals surface area contributed by atoms with Crippen molar-refractivity contribution >= 4 is 5.97 Å². The molecule has 1 atom stereocenters. The fraction of sp³-hybridized carbons (Fsp3) is 0.0952. The fourth-order valence-electron chi connectivity index (χ4n) is 3.51. The van der Waals surface area contributed by atoms with Crippen molar-refractivity contribution in [2.75, 3.05) is 0 Å². The normalized spacial score (nSPS) is 18.7. The van der Waals surface area contributed by atoms with Gasteiger partial charge in [0, 0.05) is 16.7 Å². The van der Waals surface area contributed by atoms with Crippen LogP contribution in [0.3, 0.4) is 0 Å². The first-order valence-electron chi connectivity index (χ1n) is 7.91. The van der Waals surface area contributed by atoms with E-state index in [1.165, 1.54) is 12.1 Å². The average Bonchev–Trinajstić information content (AvgIpc) is 2.90. The van der Waals surface area contributed by atoms with Gasteiger partial charge in [-0.3, -0.25) is 0 Å². The molecule has 0 saturated heterocycles. The van der Waals surface area contributed by atoms with E-state index >= 15 is 0 Å². The van der Waals surface area contributed by atoms with E-state index < -0.39 is 11.6 Å². The Morgan fingerprint density at radius 3 is 2.40 bits per heavy atom. The number of hydrogen-bond donors (Lipinski definition) is 1. The number of cyclic esters (lactones) is 1. The highest BCUT2D eigenvalue weighted by atomic mass is 19.1. The highest BCUT2D eigenvalue weighted by molar-refractivity contribution is 5.96. The minimum atomic E-state index is -1.17. The molecule has 0 aromatic heterocycles. The van der Waals surface area contributed by atoms with E-state index in [4.69, 9.17) is 4.74 Å². The molecule has 1 N–H and O–H groups in total. The van der Waals surface area contributed by atoms with E-state index in [0.29, 0.717) is 16.7 Å². The van der Waals surface area contributed by atoms with Gasteiger partial charge >= 0.3 is 5.97 Å². The van der Waals surface area contributed by atoms with Gasteiger partial charge in [0.1, 0.15) is 11.6 Å². The van der Waals surface area contributed by atoms with Crippen molar-refractivity contribution in [3.05, 3.63) is 100 Å². The molecular formula is C21H15FO3. The number of benzene rings is 3. The lowest BCUT2D eigenvalue weighted by molar-refractivity contribution is 0.0250.